The summed E-state index contributed by atoms with van der Waals surface area (Å²) < 4.78 is 0. The first-order valence-corrected chi connectivity index (χ1v) is 6.22. The molecule has 0 aliphatic heterocycles. The van der Waals surface area contributed by atoms with Crippen LogP contribution in [0.15, 0.2) is 60.4 Å². The summed E-state index contributed by atoms with van der Waals surface area (Å²) in [5.41, 5.74) is 2.46. The maximum Gasteiger partial charge on any atom is 0.140 e. The Morgan fingerprint density at radius 2 is 1.94 bits per heavy atom. The van der Waals surface area contributed by atoms with Crippen molar-refractivity contribution in [1.29, 1.82) is 0 Å². The summed E-state index contributed by atoms with van der Waals surface area (Å²) in [6.07, 6.45) is 3.28. The number of rotatable bonds is 3. The largest absolute Gasteiger partial charge is 0.509 e. The van der Waals surface area contributed by atoms with Gasteiger partial charge in [0.05, 0.1) is 0 Å². The van der Waals surface area contributed by atoms with E-state index < -0.39 is 6.10 Å². The van der Waals surface area contributed by atoms with Crippen LogP contribution >= 0.6 is 8.86 Å². The molecule has 0 bridgehead atoms. The molecule has 0 aromatic heterocycles. The van der Waals surface area contributed by atoms with Gasteiger partial charge in [0, 0.05) is 10.9 Å². The lowest BCUT2D eigenvalue weighted by Crippen LogP contribution is -2.26. The molecule has 1 aliphatic carbocycles. The van der Waals surface area contributed by atoms with Crippen molar-refractivity contribution in [2.45, 2.75) is 12.5 Å². The van der Waals surface area contributed by atoms with Gasteiger partial charge < -0.3 is 10.2 Å². The van der Waals surface area contributed by atoms with Gasteiger partial charge in [0.15, 0.2) is 0 Å². The molecule has 1 aliphatic rings. The highest BCUT2D eigenvalue weighted by Crippen LogP contribution is 2.30. The van der Waals surface area contributed by atoms with Crippen molar-refractivity contribution in [1.82, 2.24) is 0 Å². The van der Waals surface area contributed by atoms with Crippen molar-refractivity contribution in [2.24, 2.45) is 0 Å². The predicted molar refractivity (Wildman–Crippen MR) is 78.2 cm³/mol. The molecule has 0 heterocycles. The quantitative estimate of drug-likeness (QED) is 0.646. The van der Waals surface area contributed by atoms with E-state index in [4.69, 9.17) is 0 Å². The van der Waals surface area contributed by atoms with E-state index in [0.717, 1.165) is 11.1 Å². The van der Waals surface area contributed by atoms with Crippen LogP contribution in [0.1, 0.15) is 12.0 Å². The van der Waals surface area contributed by atoms with Gasteiger partial charge >= 0.3 is 0 Å². The minimum absolute atomic E-state index is 0.0287. The molecule has 1 unspecified atom stereocenters. The van der Waals surface area contributed by atoms with Gasteiger partial charge in [-0.2, -0.15) is 0 Å². The molecular formula is C15H15O2P. The summed E-state index contributed by atoms with van der Waals surface area (Å²) in [6.45, 7) is 3.70. The van der Waals surface area contributed by atoms with Crippen LogP contribution in [0.3, 0.4) is 0 Å². The van der Waals surface area contributed by atoms with E-state index in [-0.39, 0.29) is 5.76 Å². The molecule has 0 saturated carbocycles. The van der Waals surface area contributed by atoms with Crippen molar-refractivity contribution in [3.8, 4) is 0 Å². The van der Waals surface area contributed by atoms with E-state index in [2.05, 4.69) is 15.4 Å². The predicted octanol–water partition coefficient (Wildman–Crippen LogP) is 3.15. The highest BCUT2D eigenvalue weighted by Gasteiger charge is 2.25. The van der Waals surface area contributed by atoms with E-state index in [1.54, 1.807) is 6.08 Å². The van der Waals surface area contributed by atoms with Crippen LogP contribution < -0.4 is 0 Å². The SMILES string of the molecule is C=CCC1=CC(c2ccccc2)=C(O)C(O)C1=P. The summed E-state index contributed by atoms with van der Waals surface area (Å²) in [7, 11) is 3.37. The van der Waals surface area contributed by atoms with Crippen LogP contribution in [-0.4, -0.2) is 21.6 Å². The number of hydrogen-bond donors (Lipinski definition) is 2. The van der Waals surface area contributed by atoms with E-state index in [9.17, 15) is 10.2 Å². The molecule has 92 valence electrons. The smallest absolute Gasteiger partial charge is 0.140 e. The van der Waals surface area contributed by atoms with Gasteiger partial charge in [-0.3, -0.25) is 0 Å². The van der Waals surface area contributed by atoms with Crippen LogP contribution in [-0.2, 0) is 0 Å². The fraction of sp³-hybridized carbons (Fsp3) is 0.133. The Balaban J connectivity index is 2.51. The average Bonchev–Trinajstić information content (AvgIpc) is 2.40. The Bertz CT molecular complexity index is 541. The van der Waals surface area contributed by atoms with Crippen LogP contribution in [0.25, 0.3) is 5.57 Å². The summed E-state index contributed by atoms with van der Waals surface area (Å²) >= 11 is 0. The monoisotopic (exact) mass is 258 g/mol. The van der Waals surface area contributed by atoms with Gasteiger partial charge in [-0.1, -0.05) is 36.4 Å². The number of allylic oxidation sites excluding steroid dienone is 3. The highest BCUT2D eigenvalue weighted by molar-refractivity contribution is 7.22. The minimum Gasteiger partial charge on any atom is -0.509 e. The summed E-state index contributed by atoms with van der Waals surface area (Å²) in [4.78, 5) is 0. The zero-order chi connectivity index (χ0) is 13.1. The molecule has 1 atom stereocenters. The fourth-order valence-corrected chi connectivity index (χ4v) is 2.27. The maximum atomic E-state index is 10.1. The van der Waals surface area contributed by atoms with Gasteiger partial charge in [-0.25, -0.2) is 0 Å². The molecule has 0 saturated heterocycles. The van der Waals surface area contributed by atoms with Crippen molar-refractivity contribution >= 4 is 19.7 Å². The fourth-order valence-electron chi connectivity index (χ4n) is 1.96. The molecule has 0 fully saturated rings. The summed E-state index contributed by atoms with van der Waals surface area (Å²) in [6, 6.07) is 9.51. The molecule has 0 amide bonds. The lowest BCUT2D eigenvalue weighted by molar-refractivity contribution is 0.211. The normalized spacial score (nSPS) is 19.7. The van der Waals surface area contributed by atoms with Crippen molar-refractivity contribution < 1.29 is 10.2 Å². The Morgan fingerprint density at radius 3 is 2.56 bits per heavy atom. The van der Waals surface area contributed by atoms with E-state index in [1.807, 2.05) is 36.4 Å². The molecule has 0 radical (unpaired) electrons. The second-order valence-electron chi connectivity index (χ2n) is 4.14. The Morgan fingerprint density at radius 1 is 1.28 bits per heavy atom. The van der Waals surface area contributed by atoms with Gasteiger partial charge in [0.1, 0.15) is 11.9 Å². The second-order valence-corrected chi connectivity index (χ2v) is 4.68. The standard InChI is InChI=1S/C15H15O2P/c1-2-6-11-9-12(10-7-4-3-5-8-10)13(16)14(17)15(11)18/h2-5,7-9,14,16-18H,1,6H2. The lowest BCUT2D eigenvalue weighted by atomic mass is 9.90. The zero-order valence-electron chi connectivity index (χ0n) is 9.93. The third-order valence-electron chi connectivity index (χ3n) is 2.92. The Kier molecular flexibility index (Phi) is 3.81. The van der Waals surface area contributed by atoms with Gasteiger partial charge in [-0.05, 0) is 23.6 Å². The van der Waals surface area contributed by atoms with E-state index >= 15 is 0 Å². The summed E-state index contributed by atoms with van der Waals surface area (Å²) in [5, 5.41) is 20.7. The second kappa shape index (κ2) is 5.34. The summed E-state index contributed by atoms with van der Waals surface area (Å²) in [5.74, 6) is -0.0287. The molecule has 1 aromatic rings. The van der Waals surface area contributed by atoms with Crippen LogP contribution in [0.2, 0.25) is 0 Å². The topological polar surface area (TPSA) is 40.5 Å². The highest BCUT2D eigenvalue weighted by atomic mass is 31.0. The van der Waals surface area contributed by atoms with Gasteiger partial charge in [-0.15, -0.1) is 15.4 Å². The minimum atomic E-state index is -1.00. The number of aliphatic hydroxyl groups is 2. The number of aliphatic hydroxyl groups excluding tert-OH is 2. The maximum absolute atomic E-state index is 10.1. The number of hydrogen-bond acceptors (Lipinski definition) is 2. The van der Waals surface area contributed by atoms with Gasteiger partial charge in [0.2, 0.25) is 0 Å². The first-order chi connectivity index (χ1) is 8.65. The molecule has 0 spiro atoms. The first kappa shape index (κ1) is 12.8. The van der Waals surface area contributed by atoms with Crippen LogP contribution in [0.5, 0.6) is 0 Å². The van der Waals surface area contributed by atoms with Crippen LogP contribution in [0.4, 0.5) is 0 Å². The molecule has 18 heavy (non-hydrogen) atoms. The third kappa shape index (κ3) is 2.31. The molecule has 1 aromatic carbocycles. The van der Waals surface area contributed by atoms with Crippen molar-refractivity contribution in [3.05, 3.63) is 66.0 Å². The van der Waals surface area contributed by atoms with Gasteiger partial charge in [0.25, 0.3) is 0 Å². The Hall–Kier alpha value is -1.63. The zero-order valence-corrected chi connectivity index (χ0v) is 10.9. The van der Waals surface area contributed by atoms with Crippen molar-refractivity contribution in [3.63, 3.8) is 0 Å². The number of benzene rings is 1. The lowest BCUT2D eigenvalue weighted by Gasteiger charge is -2.23. The third-order valence-corrected chi connectivity index (χ3v) is 3.52. The van der Waals surface area contributed by atoms with E-state index in [1.165, 1.54) is 0 Å². The van der Waals surface area contributed by atoms with Crippen LogP contribution in [0, 0.1) is 0 Å². The first-order valence-electron chi connectivity index (χ1n) is 5.72. The molecular weight excluding hydrogens is 243 g/mol. The molecule has 2 nitrogen and oxygen atoms in total. The van der Waals surface area contributed by atoms with Crippen molar-refractivity contribution in [2.75, 3.05) is 0 Å². The Labute approximate surface area is 109 Å². The molecule has 2 N–H and O–H groups in total. The van der Waals surface area contributed by atoms with E-state index in [0.29, 0.717) is 17.3 Å². The average molecular weight is 258 g/mol. The molecule has 3 heteroatoms. The molecule has 2 rings (SSSR count).